The van der Waals surface area contributed by atoms with Crippen LogP contribution < -0.4 is 10.6 Å². The van der Waals surface area contributed by atoms with Crippen LogP contribution in [0.15, 0.2) is 60.7 Å². The zero-order valence-electron chi connectivity index (χ0n) is 19.4. The zero-order chi connectivity index (χ0) is 23.9. The molecular formula is C26H34N2O5. The van der Waals surface area contributed by atoms with Gasteiger partial charge in [-0.2, -0.15) is 0 Å². The Balaban J connectivity index is 2.04. The van der Waals surface area contributed by atoms with Gasteiger partial charge in [-0.15, -0.1) is 0 Å². The average molecular weight is 455 g/mol. The van der Waals surface area contributed by atoms with E-state index in [0.29, 0.717) is 6.42 Å². The van der Waals surface area contributed by atoms with Crippen molar-refractivity contribution in [1.29, 1.82) is 0 Å². The molecule has 0 radical (unpaired) electrons. The van der Waals surface area contributed by atoms with E-state index in [0.717, 1.165) is 36.8 Å². The molecule has 2 amide bonds. The van der Waals surface area contributed by atoms with Gasteiger partial charge < -0.3 is 20.1 Å². The smallest absolute Gasteiger partial charge is 0.408 e. The number of alkyl carbamates (subject to hydrolysis) is 1. The lowest BCUT2D eigenvalue weighted by Crippen LogP contribution is -2.52. The Morgan fingerprint density at radius 1 is 0.818 bits per heavy atom. The Morgan fingerprint density at radius 3 is 2.06 bits per heavy atom. The van der Waals surface area contributed by atoms with Crippen LogP contribution in [0.1, 0.15) is 50.2 Å². The predicted molar refractivity (Wildman–Crippen MR) is 126 cm³/mol. The summed E-state index contributed by atoms with van der Waals surface area (Å²) in [5.41, 5.74) is 1.72. The van der Waals surface area contributed by atoms with Crippen molar-refractivity contribution in [2.24, 2.45) is 0 Å². The molecule has 2 rings (SSSR count). The second-order valence-corrected chi connectivity index (χ2v) is 7.88. The van der Waals surface area contributed by atoms with Crippen LogP contribution in [-0.2, 0) is 32.1 Å². The molecule has 7 nitrogen and oxygen atoms in total. The molecule has 0 fully saturated rings. The van der Waals surface area contributed by atoms with E-state index in [9.17, 15) is 14.4 Å². The van der Waals surface area contributed by atoms with E-state index < -0.39 is 30.1 Å². The Labute approximate surface area is 195 Å². The molecule has 2 aromatic rings. The van der Waals surface area contributed by atoms with Gasteiger partial charge in [-0.05, 0) is 17.5 Å². The molecule has 0 aliphatic rings. The van der Waals surface area contributed by atoms with Crippen LogP contribution in [0.2, 0.25) is 0 Å². The molecule has 0 aromatic heterocycles. The minimum Gasteiger partial charge on any atom is -0.467 e. The molecular weight excluding hydrogens is 420 g/mol. The lowest BCUT2D eigenvalue weighted by molar-refractivity contribution is -0.145. The molecule has 0 bridgehead atoms. The first-order valence-electron chi connectivity index (χ1n) is 11.4. The summed E-state index contributed by atoms with van der Waals surface area (Å²) in [6, 6.07) is 17.0. The first-order chi connectivity index (χ1) is 16.0. The molecule has 2 aromatic carbocycles. The van der Waals surface area contributed by atoms with Gasteiger partial charge in [0.15, 0.2) is 0 Å². The van der Waals surface area contributed by atoms with E-state index in [4.69, 9.17) is 9.47 Å². The van der Waals surface area contributed by atoms with Gasteiger partial charge >= 0.3 is 12.1 Å². The van der Waals surface area contributed by atoms with Crippen LogP contribution in [0.4, 0.5) is 4.79 Å². The highest BCUT2D eigenvalue weighted by Gasteiger charge is 2.27. The average Bonchev–Trinajstić information content (AvgIpc) is 2.85. The van der Waals surface area contributed by atoms with Gasteiger partial charge in [-0.25, -0.2) is 9.59 Å². The minimum absolute atomic E-state index is 0.0918. The van der Waals surface area contributed by atoms with E-state index in [-0.39, 0.29) is 13.0 Å². The Hall–Kier alpha value is -3.35. The summed E-state index contributed by atoms with van der Waals surface area (Å²) < 4.78 is 10.2. The number of hydrogen-bond donors (Lipinski definition) is 2. The highest BCUT2D eigenvalue weighted by molar-refractivity contribution is 5.89. The number of hydrogen-bond acceptors (Lipinski definition) is 5. The van der Waals surface area contributed by atoms with Crippen LogP contribution in [-0.4, -0.2) is 37.2 Å². The van der Waals surface area contributed by atoms with Gasteiger partial charge in [-0.1, -0.05) is 93.3 Å². The maximum absolute atomic E-state index is 13.1. The Bertz CT molecular complexity index is 858. The van der Waals surface area contributed by atoms with Crippen LogP contribution in [0, 0.1) is 0 Å². The number of nitrogens with one attached hydrogen (secondary N) is 2. The second-order valence-electron chi connectivity index (χ2n) is 7.88. The summed E-state index contributed by atoms with van der Waals surface area (Å²) in [6.07, 6.45) is 3.94. The third-order valence-corrected chi connectivity index (χ3v) is 5.25. The Morgan fingerprint density at radius 2 is 1.45 bits per heavy atom. The maximum Gasteiger partial charge on any atom is 0.408 e. The molecule has 178 valence electrons. The number of esters is 1. The van der Waals surface area contributed by atoms with Crippen molar-refractivity contribution in [3.63, 3.8) is 0 Å². The van der Waals surface area contributed by atoms with Crippen molar-refractivity contribution in [3.8, 4) is 0 Å². The molecule has 0 aliphatic heterocycles. The molecule has 0 aliphatic carbocycles. The first kappa shape index (κ1) is 25.9. The third-order valence-electron chi connectivity index (χ3n) is 5.25. The van der Waals surface area contributed by atoms with Crippen molar-refractivity contribution in [2.45, 2.75) is 64.1 Å². The van der Waals surface area contributed by atoms with Gasteiger partial charge in [-0.3, -0.25) is 4.79 Å². The van der Waals surface area contributed by atoms with Crippen LogP contribution in [0.5, 0.6) is 0 Å². The summed E-state index contributed by atoms with van der Waals surface area (Å²) in [6.45, 7) is 2.20. The Kier molecular flexibility index (Phi) is 11.5. The van der Waals surface area contributed by atoms with Crippen molar-refractivity contribution in [2.75, 3.05) is 7.11 Å². The molecule has 0 spiro atoms. The number of amides is 2. The number of methoxy groups -OCH3 is 1. The highest BCUT2D eigenvalue weighted by Crippen LogP contribution is 2.09. The van der Waals surface area contributed by atoms with Crippen molar-refractivity contribution in [3.05, 3.63) is 71.8 Å². The summed E-state index contributed by atoms with van der Waals surface area (Å²) >= 11 is 0. The monoisotopic (exact) mass is 454 g/mol. The van der Waals surface area contributed by atoms with E-state index in [1.54, 1.807) is 0 Å². The fraction of sp³-hybridized carbons (Fsp3) is 0.423. The topological polar surface area (TPSA) is 93.7 Å². The molecule has 2 atom stereocenters. The zero-order valence-corrected chi connectivity index (χ0v) is 19.4. The number of unbranched alkanes of at least 4 members (excludes halogenated alkanes) is 3. The van der Waals surface area contributed by atoms with Gasteiger partial charge in [0.1, 0.15) is 18.7 Å². The SMILES string of the molecule is CCCCCC[C@H](NC(=O)[C@@H](Cc1ccccc1)NC(=O)OCc1ccccc1)C(=O)OC. The van der Waals surface area contributed by atoms with Crippen LogP contribution in [0.25, 0.3) is 0 Å². The van der Waals surface area contributed by atoms with Crippen LogP contribution in [0.3, 0.4) is 0 Å². The number of ether oxygens (including phenoxy) is 2. The van der Waals surface area contributed by atoms with Crippen molar-refractivity contribution >= 4 is 18.0 Å². The standard InChI is InChI=1S/C26H34N2O5/c1-3-4-5-12-17-22(25(30)32-2)27-24(29)23(18-20-13-8-6-9-14-20)28-26(31)33-19-21-15-10-7-11-16-21/h6-11,13-16,22-23H,3-5,12,17-19H2,1-2H3,(H,27,29)(H,28,31)/t22-,23+/m0/s1. The fourth-order valence-electron chi connectivity index (χ4n) is 3.40. The lowest BCUT2D eigenvalue weighted by atomic mass is 10.0. The molecule has 0 unspecified atom stereocenters. The van der Waals surface area contributed by atoms with Gasteiger partial charge in [0.2, 0.25) is 5.91 Å². The second kappa shape index (κ2) is 14.7. The summed E-state index contributed by atoms with van der Waals surface area (Å²) in [7, 11) is 1.30. The number of carbonyl (C=O) groups excluding carboxylic acids is 3. The summed E-state index contributed by atoms with van der Waals surface area (Å²) in [5, 5.41) is 5.41. The fourth-order valence-corrected chi connectivity index (χ4v) is 3.40. The van der Waals surface area contributed by atoms with E-state index in [1.165, 1.54) is 7.11 Å². The summed E-state index contributed by atoms with van der Waals surface area (Å²) in [5.74, 6) is -0.952. The lowest BCUT2D eigenvalue weighted by Gasteiger charge is -2.22. The van der Waals surface area contributed by atoms with Gasteiger partial charge in [0.25, 0.3) is 0 Å². The molecule has 2 N–H and O–H groups in total. The third kappa shape index (κ3) is 9.76. The number of carbonyl (C=O) groups is 3. The maximum atomic E-state index is 13.1. The molecule has 0 saturated carbocycles. The minimum atomic E-state index is -0.904. The molecule has 33 heavy (non-hydrogen) atoms. The predicted octanol–water partition coefficient (Wildman–Crippen LogP) is 4.15. The van der Waals surface area contributed by atoms with E-state index >= 15 is 0 Å². The van der Waals surface area contributed by atoms with E-state index in [1.807, 2.05) is 60.7 Å². The van der Waals surface area contributed by atoms with Gasteiger partial charge in [0, 0.05) is 6.42 Å². The molecule has 0 saturated heterocycles. The van der Waals surface area contributed by atoms with Crippen molar-refractivity contribution < 1.29 is 23.9 Å². The normalized spacial score (nSPS) is 12.3. The number of benzene rings is 2. The highest BCUT2D eigenvalue weighted by atomic mass is 16.5. The number of rotatable bonds is 13. The quantitative estimate of drug-likeness (QED) is 0.350. The summed E-state index contributed by atoms with van der Waals surface area (Å²) in [4.78, 5) is 37.7. The van der Waals surface area contributed by atoms with Gasteiger partial charge in [0.05, 0.1) is 7.11 Å². The molecule has 7 heteroatoms. The van der Waals surface area contributed by atoms with Crippen molar-refractivity contribution in [1.82, 2.24) is 10.6 Å². The largest absolute Gasteiger partial charge is 0.467 e. The van der Waals surface area contributed by atoms with E-state index in [2.05, 4.69) is 17.6 Å². The van der Waals surface area contributed by atoms with Crippen LogP contribution >= 0.6 is 0 Å². The molecule has 0 heterocycles. The first-order valence-corrected chi connectivity index (χ1v) is 11.4.